The molecular formula is C25H18BrFN2O3S. The number of hydrogen-bond acceptors (Lipinski definition) is 4. The van der Waals surface area contributed by atoms with E-state index in [1.54, 1.807) is 24.3 Å². The topological polar surface area (TPSA) is 58.6 Å². The van der Waals surface area contributed by atoms with E-state index in [2.05, 4.69) is 21.2 Å². The second-order valence-electron chi connectivity index (χ2n) is 7.37. The van der Waals surface area contributed by atoms with Gasteiger partial charge >= 0.3 is 0 Å². The highest BCUT2D eigenvalue weighted by Gasteiger charge is 2.35. The summed E-state index contributed by atoms with van der Waals surface area (Å²) in [5.41, 5.74) is 2.40. The number of carbonyl (C=O) groups is 2. The first-order valence-corrected chi connectivity index (χ1v) is 11.2. The summed E-state index contributed by atoms with van der Waals surface area (Å²) in [5, 5.41) is 2.28. The highest BCUT2D eigenvalue weighted by atomic mass is 79.9. The van der Waals surface area contributed by atoms with Gasteiger partial charge in [0, 0.05) is 10.0 Å². The van der Waals surface area contributed by atoms with Gasteiger partial charge in [-0.25, -0.2) is 9.29 Å². The summed E-state index contributed by atoms with van der Waals surface area (Å²) in [6, 6.07) is 18.9. The van der Waals surface area contributed by atoms with E-state index in [0.717, 1.165) is 20.5 Å². The summed E-state index contributed by atoms with van der Waals surface area (Å²) in [4.78, 5) is 26.8. The fourth-order valence-corrected chi connectivity index (χ4v) is 3.93. The average molecular weight is 525 g/mol. The molecule has 0 bridgehead atoms. The quantitative estimate of drug-likeness (QED) is 0.279. The third-order valence-corrected chi connectivity index (χ3v) is 5.76. The normalized spacial score (nSPS) is 15.1. The summed E-state index contributed by atoms with van der Waals surface area (Å²) < 4.78 is 21.1. The van der Waals surface area contributed by atoms with E-state index in [-0.39, 0.29) is 16.4 Å². The largest absolute Gasteiger partial charge is 0.488 e. The van der Waals surface area contributed by atoms with Gasteiger partial charge in [0.25, 0.3) is 11.8 Å². The number of para-hydroxylation sites is 1. The number of nitrogens with zero attached hydrogens (tertiary/aromatic N) is 1. The van der Waals surface area contributed by atoms with Gasteiger partial charge in [0.05, 0.1) is 5.69 Å². The van der Waals surface area contributed by atoms with Crippen molar-refractivity contribution >= 4 is 56.8 Å². The van der Waals surface area contributed by atoms with Crippen LogP contribution in [0.25, 0.3) is 6.08 Å². The molecule has 5 nitrogen and oxygen atoms in total. The molecule has 33 heavy (non-hydrogen) atoms. The third-order valence-electron chi connectivity index (χ3n) is 4.98. The molecule has 1 heterocycles. The van der Waals surface area contributed by atoms with Crippen molar-refractivity contribution in [3.05, 3.63) is 99.3 Å². The number of benzene rings is 3. The number of halogens is 2. The smallest absolute Gasteiger partial charge is 0.270 e. The van der Waals surface area contributed by atoms with Crippen LogP contribution in [0.15, 0.2) is 76.8 Å². The fraction of sp³-hybridized carbons (Fsp3) is 0.0800. The first-order chi connectivity index (χ1) is 15.8. The Kier molecular flexibility index (Phi) is 6.67. The summed E-state index contributed by atoms with van der Waals surface area (Å²) in [5.74, 6) is -1.54. The van der Waals surface area contributed by atoms with Gasteiger partial charge in [-0.3, -0.25) is 14.9 Å². The lowest BCUT2D eigenvalue weighted by molar-refractivity contribution is -0.122. The Bertz CT molecular complexity index is 1290. The van der Waals surface area contributed by atoms with E-state index in [0.29, 0.717) is 17.9 Å². The lowest BCUT2D eigenvalue weighted by Gasteiger charge is -2.29. The van der Waals surface area contributed by atoms with E-state index in [4.69, 9.17) is 17.0 Å². The van der Waals surface area contributed by atoms with Crippen LogP contribution in [0.2, 0.25) is 0 Å². The van der Waals surface area contributed by atoms with E-state index in [9.17, 15) is 14.0 Å². The van der Waals surface area contributed by atoms with Gasteiger partial charge in [0.1, 0.15) is 23.7 Å². The maximum atomic E-state index is 14.4. The Morgan fingerprint density at radius 3 is 2.55 bits per heavy atom. The second-order valence-corrected chi connectivity index (χ2v) is 8.67. The molecule has 0 aliphatic carbocycles. The molecule has 0 aromatic heterocycles. The van der Waals surface area contributed by atoms with Gasteiger partial charge in [-0.15, -0.1) is 0 Å². The van der Waals surface area contributed by atoms with Crippen molar-refractivity contribution in [1.29, 1.82) is 0 Å². The van der Waals surface area contributed by atoms with Crippen molar-refractivity contribution in [3.63, 3.8) is 0 Å². The monoisotopic (exact) mass is 524 g/mol. The third kappa shape index (κ3) is 5.02. The highest BCUT2D eigenvalue weighted by molar-refractivity contribution is 9.10. The van der Waals surface area contributed by atoms with Gasteiger partial charge in [0.15, 0.2) is 5.11 Å². The number of thiocarbonyl (C=S) groups is 1. The number of rotatable bonds is 5. The number of nitrogens with one attached hydrogen (secondary N) is 1. The summed E-state index contributed by atoms with van der Waals surface area (Å²) >= 11 is 8.55. The molecule has 2 amide bonds. The lowest BCUT2D eigenvalue weighted by atomic mass is 10.1. The van der Waals surface area contributed by atoms with Crippen LogP contribution in [0.1, 0.15) is 16.7 Å². The molecule has 0 atom stereocenters. The summed E-state index contributed by atoms with van der Waals surface area (Å²) in [6.07, 6.45) is 1.42. The van der Waals surface area contributed by atoms with Crippen LogP contribution in [-0.4, -0.2) is 16.9 Å². The van der Waals surface area contributed by atoms with Crippen LogP contribution in [-0.2, 0) is 16.2 Å². The molecule has 1 N–H and O–H groups in total. The first-order valence-electron chi connectivity index (χ1n) is 9.97. The van der Waals surface area contributed by atoms with Crippen LogP contribution in [0.3, 0.4) is 0 Å². The zero-order valence-corrected chi connectivity index (χ0v) is 19.9. The number of ether oxygens (including phenoxy) is 1. The van der Waals surface area contributed by atoms with Crippen LogP contribution in [0.4, 0.5) is 10.1 Å². The minimum absolute atomic E-state index is 0.0384. The molecule has 1 aliphatic rings. The molecular weight excluding hydrogens is 507 g/mol. The minimum atomic E-state index is -0.724. The van der Waals surface area contributed by atoms with E-state index < -0.39 is 17.6 Å². The summed E-state index contributed by atoms with van der Waals surface area (Å²) in [7, 11) is 0. The second kappa shape index (κ2) is 9.64. The van der Waals surface area contributed by atoms with Crippen molar-refractivity contribution in [2.75, 3.05) is 4.90 Å². The molecule has 0 radical (unpaired) electrons. The molecule has 4 rings (SSSR count). The Morgan fingerprint density at radius 1 is 1.09 bits per heavy atom. The molecule has 0 unspecified atom stereocenters. The molecule has 1 aliphatic heterocycles. The Labute approximate surface area is 204 Å². The van der Waals surface area contributed by atoms with Crippen molar-refractivity contribution in [2.24, 2.45) is 0 Å². The van der Waals surface area contributed by atoms with E-state index >= 15 is 0 Å². The lowest BCUT2D eigenvalue weighted by Crippen LogP contribution is -2.54. The SMILES string of the molecule is Cc1ccc(COc2ccc(Br)cc2/C=C2\C(=O)NC(=S)N(c3ccccc3F)C2=O)cc1. The highest BCUT2D eigenvalue weighted by Crippen LogP contribution is 2.29. The maximum Gasteiger partial charge on any atom is 0.270 e. The molecule has 3 aromatic rings. The predicted octanol–water partition coefficient (Wildman–Crippen LogP) is 5.31. The Balaban J connectivity index is 1.68. The number of anilines is 1. The predicted molar refractivity (Wildman–Crippen MR) is 132 cm³/mol. The van der Waals surface area contributed by atoms with Gasteiger partial charge in [-0.2, -0.15) is 0 Å². The molecule has 1 saturated heterocycles. The summed E-state index contributed by atoms with van der Waals surface area (Å²) in [6.45, 7) is 2.32. The molecule has 1 fully saturated rings. The van der Waals surface area contributed by atoms with Crippen LogP contribution >= 0.6 is 28.1 Å². The van der Waals surface area contributed by atoms with Crippen LogP contribution in [0.5, 0.6) is 5.75 Å². The molecule has 8 heteroatoms. The standard InChI is InChI=1S/C25H18BrFN2O3S/c1-15-6-8-16(9-7-15)14-32-22-11-10-18(26)12-17(22)13-19-23(30)28-25(33)29(24(19)31)21-5-3-2-4-20(21)27/h2-13H,14H2,1H3,(H,28,30,33)/b19-13+. The van der Waals surface area contributed by atoms with Crippen LogP contribution < -0.4 is 15.0 Å². The van der Waals surface area contributed by atoms with Crippen molar-refractivity contribution in [3.8, 4) is 5.75 Å². The molecule has 3 aromatic carbocycles. The van der Waals surface area contributed by atoms with Gasteiger partial charge in [-0.05, 0) is 61.1 Å². The van der Waals surface area contributed by atoms with E-state index in [1.807, 2.05) is 31.2 Å². The Morgan fingerprint density at radius 2 is 1.82 bits per heavy atom. The number of carbonyl (C=O) groups excluding carboxylic acids is 2. The number of hydrogen-bond donors (Lipinski definition) is 1. The maximum absolute atomic E-state index is 14.4. The number of aryl methyl sites for hydroxylation is 1. The minimum Gasteiger partial charge on any atom is -0.488 e. The van der Waals surface area contributed by atoms with Crippen molar-refractivity contribution < 1.29 is 18.7 Å². The fourth-order valence-electron chi connectivity index (χ4n) is 3.27. The molecule has 166 valence electrons. The molecule has 0 saturated carbocycles. The zero-order valence-electron chi connectivity index (χ0n) is 17.5. The average Bonchev–Trinajstić information content (AvgIpc) is 2.78. The van der Waals surface area contributed by atoms with Gasteiger partial charge < -0.3 is 4.74 Å². The Hall–Kier alpha value is -3.36. The van der Waals surface area contributed by atoms with Crippen molar-refractivity contribution in [2.45, 2.75) is 13.5 Å². The van der Waals surface area contributed by atoms with Gasteiger partial charge in [0.2, 0.25) is 0 Å². The van der Waals surface area contributed by atoms with Crippen molar-refractivity contribution in [1.82, 2.24) is 5.32 Å². The van der Waals surface area contributed by atoms with Gasteiger partial charge in [-0.1, -0.05) is 57.9 Å². The zero-order chi connectivity index (χ0) is 23.5. The van der Waals surface area contributed by atoms with E-state index in [1.165, 1.54) is 24.3 Å². The molecule has 0 spiro atoms. The first kappa shape index (κ1) is 22.8. The van der Waals surface area contributed by atoms with Crippen LogP contribution in [0, 0.1) is 12.7 Å². The number of amides is 2.